The van der Waals surface area contributed by atoms with E-state index in [2.05, 4.69) is 83.9 Å². The van der Waals surface area contributed by atoms with E-state index in [4.69, 9.17) is 9.47 Å². The molecule has 19 heteroatoms. The molecule has 5 heterocycles. The van der Waals surface area contributed by atoms with E-state index in [1.807, 2.05) is 12.3 Å². The summed E-state index contributed by atoms with van der Waals surface area (Å²) in [7, 11) is -3.02. The number of amides is 1. The Kier molecular flexibility index (Phi) is 13.7. The predicted molar refractivity (Wildman–Crippen MR) is 275 cm³/mol. The summed E-state index contributed by atoms with van der Waals surface area (Å²) in [4.78, 5) is 44.1. The molecular formula is C54H62FN9O8S. The Morgan fingerprint density at radius 1 is 1.01 bits per heavy atom. The number of nitrogens with zero attached hydrogens (tertiary/aromatic N) is 6. The summed E-state index contributed by atoms with van der Waals surface area (Å²) in [5, 5.41) is 25.8. The van der Waals surface area contributed by atoms with Crippen LogP contribution in [0.5, 0.6) is 17.4 Å². The highest BCUT2D eigenvalue weighted by Gasteiger charge is 2.55. The number of fused-ring (bicyclic) bond motifs is 1. The number of nitrogens with one attached hydrogen (secondary N) is 3. The second-order valence-corrected chi connectivity index (χ2v) is 22.8. The lowest BCUT2D eigenvalue weighted by atomic mass is 9.59. The standard InChI is InChI=1S/C54H62FN9O8S/c1-34(2)41-7-5-6-8-42(41)48-31-61(30-36-9-14-50(71-4)57-27-36)19-20-63(48)38-24-54(25-38)32-62(33-54)37-10-12-43(49(21-37)72-39-22-44-45(55)29-59-51(44)58-28-39)52(65)60-73(69,70)40-11-13-46(47(23-40)64(67)68)56-26-35-15-17-53(3,66)18-16-35/h5-14,21-23,27-29,34-35,38,48,56,66H,15-20,24-26,30-33H2,1-4H3,(H,58,59)(H,60,65)/t35?,48-,53?/m0/s1. The van der Waals surface area contributed by atoms with Crippen molar-refractivity contribution in [3.05, 3.63) is 136 Å². The van der Waals surface area contributed by atoms with Crippen molar-refractivity contribution in [2.24, 2.45) is 11.3 Å². The Hall–Kier alpha value is -6.67. The number of aromatic amines is 1. The second kappa shape index (κ2) is 20.0. The van der Waals surface area contributed by atoms with Gasteiger partial charge in [-0.1, -0.05) is 44.2 Å². The molecule has 3 aromatic carbocycles. The number of rotatable bonds is 16. The molecule has 1 amide bonds. The van der Waals surface area contributed by atoms with Crippen molar-refractivity contribution in [1.29, 1.82) is 0 Å². The molecule has 1 spiro atoms. The Morgan fingerprint density at radius 2 is 1.79 bits per heavy atom. The number of H-pyrrole nitrogens is 1. The van der Waals surface area contributed by atoms with Crippen molar-refractivity contribution in [2.45, 2.75) is 94.3 Å². The number of anilines is 2. The summed E-state index contributed by atoms with van der Waals surface area (Å²) in [6.07, 6.45) is 9.23. The number of carbonyl (C=O) groups is 1. The first-order chi connectivity index (χ1) is 34.9. The number of sulfonamides is 1. The molecule has 1 atom stereocenters. The van der Waals surface area contributed by atoms with Gasteiger partial charge in [0.2, 0.25) is 5.88 Å². The first kappa shape index (κ1) is 49.9. The highest BCUT2D eigenvalue weighted by molar-refractivity contribution is 7.90. The molecule has 2 aliphatic heterocycles. The molecule has 73 heavy (non-hydrogen) atoms. The molecular weight excluding hydrogens is 954 g/mol. The number of piperazine rings is 1. The molecule has 10 rings (SSSR count). The minimum atomic E-state index is -4.64. The highest BCUT2D eigenvalue weighted by Crippen LogP contribution is 2.54. The van der Waals surface area contributed by atoms with Gasteiger partial charge in [0, 0.05) is 99.6 Å². The number of methoxy groups -OCH3 is 1. The van der Waals surface area contributed by atoms with E-state index in [0.717, 1.165) is 82.3 Å². The molecule has 384 valence electrons. The predicted octanol–water partition coefficient (Wildman–Crippen LogP) is 8.93. The van der Waals surface area contributed by atoms with Gasteiger partial charge < -0.3 is 29.8 Å². The minimum absolute atomic E-state index is 0.0134. The molecule has 2 saturated heterocycles. The zero-order valence-electron chi connectivity index (χ0n) is 41.5. The number of nitro groups is 1. The van der Waals surface area contributed by atoms with Crippen LogP contribution in [0.2, 0.25) is 0 Å². The highest BCUT2D eigenvalue weighted by atomic mass is 32.2. The maximum Gasteiger partial charge on any atom is 0.293 e. The number of carbonyl (C=O) groups excluding carboxylic acids is 1. The molecule has 0 unspecified atom stereocenters. The Morgan fingerprint density at radius 3 is 2.52 bits per heavy atom. The molecule has 3 aromatic heterocycles. The van der Waals surface area contributed by atoms with Gasteiger partial charge >= 0.3 is 0 Å². The molecule has 0 radical (unpaired) electrons. The number of halogens is 1. The molecule has 17 nitrogen and oxygen atoms in total. The van der Waals surface area contributed by atoms with Gasteiger partial charge in [-0.3, -0.25) is 24.7 Å². The lowest BCUT2D eigenvalue weighted by molar-refractivity contribution is -0.384. The number of nitro benzene ring substituents is 1. The third-order valence-electron chi connectivity index (χ3n) is 15.5. The summed E-state index contributed by atoms with van der Waals surface area (Å²) in [6.45, 7) is 11.8. The van der Waals surface area contributed by atoms with E-state index in [-0.39, 0.29) is 45.5 Å². The normalized spacial score (nSPS) is 21.4. The van der Waals surface area contributed by atoms with Gasteiger partial charge in [0.15, 0.2) is 0 Å². The van der Waals surface area contributed by atoms with Gasteiger partial charge in [-0.25, -0.2) is 27.5 Å². The van der Waals surface area contributed by atoms with Gasteiger partial charge in [-0.05, 0) is 104 Å². The second-order valence-electron chi connectivity index (χ2n) is 21.1. The number of hydrogen-bond acceptors (Lipinski definition) is 14. The van der Waals surface area contributed by atoms with Gasteiger partial charge in [0.1, 0.15) is 28.7 Å². The number of hydrogen-bond donors (Lipinski definition) is 4. The summed E-state index contributed by atoms with van der Waals surface area (Å²) < 4.78 is 56.0. The first-order valence-corrected chi connectivity index (χ1v) is 26.5. The van der Waals surface area contributed by atoms with Crippen LogP contribution in [0.4, 0.5) is 21.5 Å². The van der Waals surface area contributed by atoms with Crippen LogP contribution in [0.25, 0.3) is 11.0 Å². The van der Waals surface area contributed by atoms with Crippen LogP contribution in [0, 0.1) is 27.3 Å². The monoisotopic (exact) mass is 1020 g/mol. The fraction of sp³-hybridized carbons (Fsp3) is 0.426. The Bertz CT molecular complexity index is 3130. The van der Waals surface area contributed by atoms with Gasteiger partial charge in [-0.2, -0.15) is 0 Å². The van der Waals surface area contributed by atoms with Crippen molar-refractivity contribution in [1.82, 2.24) is 29.5 Å². The molecule has 4 fully saturated rings. The number of benzene rings is 3. The number of pyridine rings is 2. The summed E-state index contributed by atoms with van der Waals surface area (Å²) in [5.74, 6) is -0.290. The zero-order chi connectivity index (χ0) is 51.2. The molecule has 4 aliphatic rings. The van der Waals surface area contributed by atoms with Crippen molar-refractivity contribution in [3.8, 4) is 17.4 Å². The van der Waals surface area contributed by atoms with Crippen molar-refractivity contribution >= 4 is 44.0 Å². The van der Waals surface area contributed by atoms with Crippen molar-refractivity contribution in [3.63, 3.8) is 0 Å². The van der Waals surface area contributed by atoms with E-state index in [1.165, 1.54) is 47.8 Å². The Balaban J connectivity index is 0.847. The van der Waals surface area contributed by atoms with Crippen LogP contribution in [0.15, 0.2) is 102 Å². The van der Waals surface area contributed by atoms with Gasteiger partial charge in [0.25, 0.3) is 21.6 Å². The fourth-order valence-electron chi connectivity index (χ4n) is 11.4. The summed E-state index contributed by atoms with van der Waals surface area (Å²) in [5.41, 5.74) is 3.86. The molecule has 2 saturated carbocycles. The third-order valence-corrected chi connectivity index (χ3v) is 16.8. The van der Waals surface area contributed by atoms with Crippen LogP contribution in [-0.4, -0.2) is 107 Å². The molecule has 0 bridgehead atoms. The van der Waals surface area contributed by atoms with Crippen molar-refractivity contribution < 1.29 is 37.1 Å². The SMILES string of the molecule is COc1ccc(CN2CCN(C3CC4(C3)CN(c3ccc(C(=O)NS(=O)(=O)c5ccc(NCC6CCC(C)(O)CC6)c([N+](=O)[O-])c5)c(Oc5cnc6[nH]cc(F)c6c5)c3)C4)[C@H](c3ccccc3C(C)C)C2)cn1. The van der Waals surface area contributed by atoms with Crippen LogP contribution >= 0.6 is 0 Å². The van der Waals surface area contributed by atoms with Crippen molar-refractivity contribution in [2.75, 3.05) is 56.6 Å². The Labute approximate surface area is 424 Å². The maximum atomic E-state index is 14.7. The maximum absolute atomic E-state index is 14.7. The number of ether oxygens (including phenoxy) is 2. The zero-order valence-corrected chi connectivity index (χ0v) is 42.3. The van der Waals surface area contributed by atoms with Crippen LogP contribution in [0.1, 0.15) is 98.3 Å². The lowest BCUT2D eigenvalue weighted by Crippen LogP contribution is -2.68. The van der Waals surface area contributed by atoms with E-state index in [9.17, 15) is 32.8 Å². The van der Waals surface area contributed by atoms with E-state index in [1.54, 1.807) is 26.2 Å². The van der Waals surface area contributed by atoms with E-state index < -0.39 is 42.9 Å². The number of aliphatic hydroxyl groups is 1. The van der Waals surface area contributed by atoms with Gasteiger partial charge in [-0.15, -0.1) is 0 Å². The molecule has 4 N–H and O–H groups in total. The average Bonchev–Trinajstić information content (AvgIpc) is 3.72. The first-order valence-electron chi connectivity index (χ1n) is 25.0. The minimum Gasteiger partial charge on any atom is -0.481 e. The van der Waals surface area contributed by atoms with Crippen LogP contribution in [0.3, 0.4) is 0 Å². The van der Waals surface area contributed by atoms with Crippen LogP contribution < -0.4 is 24.4 Å². The smallest absolute Gasteiger partial charge is 0.293 e. The van der Waals surface area contributed by atoms with E-state index >= 15 is 0 Å². The average molecular weight is 1020 g/mol. The fourth-order valence-corrected chi connectivity index (χ4v) is 12.4. The summed E-state index contributed by atoms with van der Waals surface area (Å²) >= 11 is 0. The quantitative estimate of drug-likeness (QED) is 0.0528. The third kappa shape index (κ3) is 10.6. The molecule has 2 aliphatic carbocycles. The molecule has 6 aromatic rings. The van der Waals surface area contributed by atoms with Crippen LogP contribution in [-0.2, 0) is 16.6 Å². The largest absolute Gasteiger partial charge is 0.481 e. The lowest BCUT2D eigenvalue weighted by Gasteiger charge is -2.63. The topological polar surface area (TPSA) is 208 Å². The number of aromatic nitrogens is 3. The van der Waals surface area contributed by atoms with Gasteiger partial charge in [0.05, 0.1) is 39.7 Å². The van der Waals surface area contributed by atoms with E-state index in [0.29, 0.717) is 42.9 Å². The summed E-state index contributed by atoms with van der Waals surface area (Å²) in [6, 6.07) is 23.3.